The lowest BCUT2D eigenvalue weighted by molar-refractivity contribution is 0.391. The molecule has 10 heteroatoms. The van der Waals surface area contributed by atoms with Gasteiger partial charge in [0.05, 0.1) is 35.3 Å². The molecule has 1 aliphatic rings. The van der Waals surface area contributed by atoms with Gasteiger partial charge in [-0.15, -0.1) is 0 Å². The van der Waals surface area contributed by atoms with Gasteiger partial charge in [-0.05, 0) is 41.3 Å². The number of nitriles is 1. The SMILES string of the molecule is N#CCC(c1cccc(S(=O)(=O)N2CCc3ccccc3C2)c1)n1cc(-c2ncnc3[nH]ccc23)cn1. The Labute approximate surface area is 214 Å². The molecule has 2 aromatic carbocycles. The minimum absolute atomic E-state index is 0.130. The average Bonchev–Trinajstić information content (AvgIpc) is 3.61. The predicted octanol–water partition coefficient (Wildman–Crippen LogP) is 4.07. The van der Waals surface area contributed by atoms with Crippen LogP contribution in [0.4, 0.5) is 0 Å². The largest absolute Gasteiger partial charge is 0.346 e. The lowest BCUT2D eigenvalue weighted by Gasteiger charge is -2.28. The topological polar surface area (TPSA) is 121 Å². The van der Waals surface area contributed by atoms with Crippen LogP contribution in [0.15, 0.2) is 84.4 Å². The first-order valence-electron chi connectivity index (χ1n) is 11.9. The molecule has 5 aromatic rings. The molecule has 184 valence electrons. The van der Waals surface area contributed by atoms with Gasteiger partial charge < -0.3 is 4.98 Å². The summed E-state index contributed by atoms with van der Waals surface area (Å²) < 4.78 is 30.4. The number of fused-ring (bicyclic) bond motifs is 2. The molecule has 0 bridgehead atoms. The monoisotopic (exact) mass is 509 g/mol. The van der Waals surface area contributed by atoms with Gasteiger partial charge in [-0.25, -0.2) is 18.4 Å². The molecule has 0 radical (unpaired) electrons. The van der Waals surface area contributed by atoms with Crippen LogP contribution in [-0.4, -0.2) is 44.0 Å². The average molecular weight is 510 g/mol. The van der Waals surface area contributed by atoms with Crippen molar-refractivity contribution in [2.45, 2.75) is 30.3 Å². The summed E-state index contributed by atoms with van der Waals surface area (Å²) in [6.07, 6.45) is 7.64. The van der Waals surface area contributed by atoms with Gasteiger partial charge in [0.1, 0.15) is 12.0 Å². The number of hydrogen-bond acceptors (Lipinski definition) is 6. The van der Waals surface area contributed by atoms with Gasteiger partial charge in [0, 0.05) is 36.4 Å². The second-order valence-electron chi connectivity index (χ2n) is 8.98. The maximum Gasteiger partial charge on any atom is 0.243 e. The lowest BCUT2D eigenvalue weighted by Crippen LogP contribution is -2.36. The van der Waals surface area contributed by atoms with Crippen molar-refractivity contribution in [1.82, 2.24) is 29.0 Å². The molecule has 1 unspecified atom stereocenters. The summed E-state index contributed by atoms with van der Waals surface area (Å²) in [5, 5.41) is 15.0. The first-order chi connectivity index (χ1) is 18.0. The highest BCUT2D eigenvalue weighted by atomic mass is 32.2. The van der Waals surface area contributed by atoms with Crippen LogP contribution in [0.2, 0.25) is 0 Å². The van der Waals surface area contributed by atoms with E-state index < -0.39 is 16.1 Å². The minimum atomic E-state index is -3.71. The number of nitrogens with one attached hydrogen (secondary N) is 1. The molecule has 0 saturated heterocycles. The zero-order valence-corrected chi connectivity index (χ0v) is 20.6. The quantitative estimate of drug-likeness (QED) is 0.368. The van der Waals surface area contributed by atoms with Crippen molar-refractivity contribution >= 4 is 21.1 Å². The van der Waals surface area contributed by atoms with Gasteiger partial charge in [-0.1, -0.05) is 36.4 Å². The Hall–Kier alpha value is -4.33. The molecule has 9 nitrogen and oxygen atoms in total. The smallest absolute Gasteiger partial charge is 0.243 e. The molecule has 1 N–H and O–H groups in total. The molecular weight excluding hydrogens is 486 g/mol. The van der Waals surface area contributed by atoms with E-state index in [4.69, 9.17) is 0 Å². The van der Waals surface area contributed by atoms with Crippen LogP contribution in [-0.2, 0) is 23.0 Å². The van der Waals surface area contributed by atoms with Crippen LogP contribution in [0.1, 0.15) is 29.2 Å². The second kappa shape index (κ2) is 9.28. The summed E-state index contributed by atoms with van der Waals surface area (Å²) in [5.41, 5.74) is 5.15. The number of nitrogens with zero attached hydrogens (tertiary/aromatic N) is 6. The van der Waals surface area contributed by atoms with E-state index in [2.05, 4.69) is 26.1 Å². The molecule has 0 aliphatic carbocycles. The van der Waals surface area contributed by atoms with Crippen LogP contribution < -0.4 is 0 Å². The zero-order valence-electron chi connectivity index (χ0n) is 19.8. The summed E-state index contributed by atoms with van der Waals surface area (Å²) in [5.74, 6) is 0. The first kappa shape index (κ1) is 23.1. The molecule has 0 fully saturated rings. The summed E-state index contributed by atoms with van der Waals surface area (Å²) in [6.45, 7) is 0.777. The van der Waals surface area contributed by atoms with Crippen LogP contribution in [0.3, 0.4) is 0 Å². The number of sulfonamides is 1. The number of hydrogen-bond donors (Lipinski definition) is 1. The fourth-order valence-electron chi connectivity index (χ4n) is 4.89. The van der Waals surface area contributed by atoms with Crippen molar-refractivity contribution in [1.29, 1.82) is 5.26 Å². The number of aromatic nitrogens is 5. The molecule has 0 amide bonds. The second-order valence-corrected chi connectivity index (χ2v) is 10.9. The normalized spacial score (nSPS) is 14.8. The Morgan fingerprint density at radius 3 is 2.81 bits per heavy atom. The Balaban J connectivity index is 1.33. The van der Waals surface area contributed by atoms with Gasteiger partial charge in [0.15, 0.2) is 0 Å². The minimum Gasteiger partial charge on any atom is -0.346 e. The van der Waals surface area contributed by atoms with E-state index in [1.54, 1.807) is 35.3 Å². The molecule has 0 spiro atoms. The maximum absolute atomic E-state index is 13.6. The summed E-state index contributed by atoms with van der Waals surface area (Å²) >= 11 is 0. The molecule has 6 rings (SSSR count). The van der Waals surface area contributed by atoms with Gasteiger partial charge >= 0.3 is 0 Å². The van der Waals surface area contributed by atoms with Crippen LogP contribution in [0.25, 0.3) is 22.3 Å². The number of rotatable bonds is 6. The van der Waals surface area contributed by atoms with E-state index in [0.29, 0.717) is 25.1 Å². The van der Waals surface area contributed by atoms with E-state index in [1.165, 1.54) is 16.2 Å². The summed E-state index contributed by atoms with van der Waals surface area (Å²) in [4.78, 5) is 11.9. The Morgan fingerprint density at radius 1 is 1.08 bits per heavy atom. The molecule has 4 heterocycles. The third kappa shape index (κ3) is 4.18. The van der Waals surface area contributed by atoms with Crippen LogP contribution in [0.5, 0.6) is 0 Å². The van der Waals surface area contributed by atoms with Gasteiger partial charge in [0.2, 0.25) is 10.0 Å². The van der Waals surface area contributed by atoms with Crippen LogP contribution in [0, 0.1) is 11.3 Å². The highest BCUT2D eigenvalue weighted by Gasteiger charge is 2.29. The predicted molar refractivity (Wildman–Crippen MR) is 138 cm³/mol. The molecule has 0 saturated carbocycles. The fraction of sp³-hybridized carbons (Fsp3) is 0.185. The van der Waals surface area contributed by atoms with Crippen molar-refractivity contribution in [3.8, 4) is 17.3 Å². The first-order valence-corrected chi connectivity index (χ1v) is 13.3. The third-order valence-electron chi connectivity index (χ3n) is 6.81. The molecular formula is C27H23N7O2S. The van der Waals surface area contributed by atoms with E-state index in [0.717, 1.165) is 27.9 Å². The van der Waals surface area contributed by atoms with Crippen molar-refractivity contribution in [3.05, 3.63) is 96.2 Å². The standard InChI is InChI=1S/C27H23N7O2S/c28-11-8-25(34-17-22(15-32-34)26-24-9-12-29-27(24)31-18-30-26)20-6-3-7-23(14-20)37(35,36)33-13-10-19-4-1-2-5-21(19)16-33/h1-7,9,12,14-15,17-18,25H,8,10,13,16H2,(H,29,30,31). The van der Waals surface area contributed by atoms with Crippen molar-refractivity contribution in [3.63, 3.8) is 0 Å². The summed E-state index contributed by atoms with van der Waals surface area (Å²) in [6, 6.07) is 18.4. The molecule has 3 aromatic heterocycles. The van der Waals surface area contributed by atoms with E-state index in [1.807, 2.05) is 42.6 Å². The van der Waals surface area contributed by atoms with Crippen molar-refractivity contribution in [2.75, 3.05) is 6.54 Å². The van der Waals surface area contributed by atoms with Crippen molar-refractivity contribution < 1.29 is 8.42 Å². The van der Waals surface area contributed by atoms with Crippen molar-refractivity contribution in [2.24, 2.45) is 0 Å². The third-order valence-corrected chi connectivity index (χ3v) is 8.65. The maximum atomic E-state index is 13.6. The fourth-order valence-corrected chi connectivity index (χ4v) is 6.36. The highest BCUT2D eigenvalue weighted by molar-refractivity contribution is 7.89. The Morgan fingerprint density at radius 2 is 1.95 bits per heavy atom. The lowest BCUT2D eigenvalue weighted by atomic mass is 10.0. The molecule has 37 heavy (non-hydrogen) atoms. The Kier molecular flexibility index (Phi) is 5.79. The number of aromatic amines is 1. The van der Waals surface area contributed by atoms with Crippen LogP contribution >= 0.6 is 0 Å². The summed E-state index contributed by atoms with van der Waals surface area (Å²) in [7, 11) is -3.71. The Bertz CT molecular complexity index is 1750. The number of H-pyrrole nitrogens is 1. The van der Waals surface area contributed by atoms with Gasteiger partial charge in [0.25, 0.3) is 0 Å². The van der Waals surface area contributed by atoms with E-state index >= 15 is 0 Å². The number of benzene rings is 2. The molecule has 1 aliphatic heterocycles. The highest BCUT2D eigenvalue weighted by Crippen LogP contribution is 2.30. The van der Waals surface area contributed by atoms with E-state index in [9.17, 15) is 13.7 Å². The van der Waals surface area contributed by atoms with Gasteiger partial charge in [-0.2, -0.15) is 14.7 Å². The zero-order chi connectivity index (χ0) is 25.4. The molecule has 1 atom stereocenters. The van der Waals surface area contributed by atoms with E-state index in [-0.39, 0.29) is 11.3 Å². The van der Waals surface area contributed by atoms with Gasteiger partial charge in [-0.3, -0.25) is 4.68 Å².